The van der Waals surface area contributed by atoms with E-state index in [1.54, 1.807) is 18.2 Å². The predicted octanol–water partition coefficient (Wildman–Crippen LogP) is 3.33. The second-order valence-electron chi connectivity index (χ2n) is 7.96. The largest absolute Gasteiger partial charge is 0.506 e. The maximum atomic E-state index is 14.1. The second-order valence-corrected chi connectivity index (χ2v) is 8.39. The van der Waals surface area contributed by atoms with Crippen molar-refractivity contribution in [2.75, 3.05) is 11.9 Å². The van der Waals surface area contributed by atoms with E-state index in [4.69, 9.17) is 21.8 Å². The Morgan fingerprint density at radius 3 is 2.59 bits per heavy atom. The van der Waals surface area contributed by atoms with E-state index in [1.165, 1.54) is 18.7 Å². The molecule has 2 aromatic carbocycles. The Morgan fingerprint density at radius 2 is 1.95 bits per heavy atom. The van der Waals surface area contributed by atoms with Gasteiger partial charge in [0.15, 0.2) is 6.39 Å². The summed E-state index contributed by atoms with van der Waals surface area (Å²) in [5.74, 6) is -3.02. The van der Waals surface area contributed by atoms with Gasteiger partial charge in [-0.15, -0.1) is 0 Å². The van der Waals surface area contributed by atoms with Crippen LogP contribution in [0.3, 0.4) is 0 Å². The number of aliphatic hydroxyl groups excluding tert-OH is 1. The smallest absolute Gasteiger partial charge is 0.252 e. The molecule has 1 atom stereocenters. The van der Waals surface area contributed by atoms with Crippen LogP contribution in [-0.2, 0) is 4.79 Å². The van der Waals surface area contributed by atoms with Gasteiger partial charge in [0.05, 0.1) is 11.8 Å². The fraction of sp³-hybridized carbons (Fsp3) is 0.120. The highest BCUT2D eigenvalue weighted by molar-refractivity contribution is 6.31. The number of hydrogen-bond acceptors (Lipinski definition) is 7. The maximum Gasteiger partial charge on any atom is 0.252 e. The van der Waals surface area contributed by atoms with Gasteiger partial charge in [-0.3, -0.25) is 19.0 Å². The summed E-state index contributed by atoms with van der Waals surface area (Å²) in [5, 5.41) is 23.2. The number of oxazole rings is 1. The fourth-order valence-corrected chi connectivity index (χ4v) is 4.01. The van der Waals surface area contributed by atoms with Crippen molar-refractivity contribution in [1.82, 2.24) is 9.55 Å². The van der Waals surface area contributed by atoms with Crippen molar-refractivity contribution >= 4 is 29.1 Å². The number of pyridine rings is 1. The number of anilines is 1. The van der Waals surface area contributed by atoms with Crippen LogP contribution in [0.25, 0.3) is 22.4 Å². The molecule has 4 aromatic rings. The molecule has 12 heteroatoms. The van der Waals surface area contributed by atoms with Gasteiger partial charge in [0.25, 0.3) is 11.5 Å². The quantitative estimate of drug-likeness (QED) is 0.274. The predicted molar refractivity (Wildman–Crippen MR) is 133 cm³/mol. The molecule has 190 valence electrons. The molecule has 4 rings (SSSR count). The van der Waals surface area contributed by atoms with E-state index < -0.39 is 35.8 Å². The van der Waals surface area contributed by atoms with Crippen LogP contribution in [0.15, 0.2) is 70.5 Å². The number of nitrogens with two attached hydrogens (primary N) is 1. The van der Waals surface area contributed by atoms with E-state index in [0.29, 0.717) is 21.8 Å². The lowest BCUT2D eigenvalue weighted by Crippen LogP contribution is -2.33. The molecular weight excluding hydrogens is 507 g/mol. The van der Waals surface area contributed by atoms with Crippen LogP contribution in [0.4, 0.5) is 10.1 Å². The summed E-state index contributed by atoms with van der Waals surface area (Å²) in [7, 11) is 0. The molecule has 5 N–H and O–H groups in total. The number of nitrogens with one attached hydrogen (secondary N) is 1. The Labute approximate surface area is 213 Å². The van der Waals surface area contributed by atoms with Crippen molar-refractivity contribution in [3.05, 3.63) is 88.1 Å². The molecule has 0 bridgehead atoms. The number of benzene rings is 2. The van der Waals surface area contributed by atoms with E-state index in [9.17, 15) is 29.0 Å². The van der Waals surface area contributed by atoms with Gasteiger partial charge in [-0.1, -0.05) is 17.7 Å². The average Bonchev–Trinajstić information content (AvgIpc) is 3.38. The summed E-state index contributed by atoms with van der Waals surface area (Å²) in [6.07, 6.45) is 3.51. The number of primary amides is 1. The zero-order chi connectivity index (χ0) is 26.7. The number of halogens is 2. The zero-order valence-corrected chi connectivity index (χ0v) is 19.8. The average molecular weight is 527 g/mol. The molecule has 0 aliphatic rings. The van der Waals surface area contributed by atoms with Crippen molar-refractivity contribution in [3.63, 3.8) is 0 Å². The highest BCUT2D eigenvalue weighted by atomic mass is 35.5. The highest BCUT2D eigenvalue weighted by Crippen LogP contribution is 2.37. The van der Waals surface area contributed by atoms with Gasteiger partial charge >= 0.3 is 0 Å². The number of aromatic nitrogens is 2. The Bertz CT molecular complexity index is 1540. The first kappa shape index (κ1) is 25.6. The molecule has 1 unspecified atom stereocenters. The topological polar surface area (TPSA) is 161 Å². The zero-order valence-electron chi connectivity index (χ0n) is 19.0. The van der Waals surface area contributed by atoms with Gasteiger partial charge in [0.2, 0.25) is 5.91 Å². The molecule has 2 amide bonds. The molecule has 2 aromatic heterocycles. The standard InChI is InChI=1S/C25H20ClFN4O6/c26-13-1-3-15(20-11-37-12-29-20)17(7-13)18-9-23(34)31(10-22(18)33)21(5-6-32)25(36)30-14-2-4-16(24(28)35)19(27)8-14/h1-4,7-12,21,32-33H,5-6H2,(H2,28,35)(H,30,36). The lowest BCUT2D eigenvalue weighted by molar-refractivity contribution is -0.119. The summed E-state index contributed by atoms with van der Waals surface area (Å²) in [4.78, 5) is 41.4. The summed E-state index contributed by atoms with van der Waals surface area (Å²) in [6, 6.07) is 7.98. The number of carbonyl (C=O) groups is 2. The minimum atomic E-state index is -1.26. The molecule has 0 spiro atoms. The Morgan fingerprint density at radius 1 is 1.16 bits per heavy atom. The van der Waals surface area contributed by atoms with Crippen LogP contribution in [0.2, 0.25) is 5.02 Å². The van der Waals surface area contributed by atoms with Gasteiger partial charge < -0.3 is 25.7 Å². The van der Waals surface area contributed by atoms with Crippen molar-refractivity contribution in [3.8, 4) is 28.1 Å². The van der Waals surface area contributed by atoms with Crippen LogP contribution >= 0.6 is 11.6 Å². The molecular formula is C25H20ClFN4O6. The molecule has 0 saturated carbocycles. The molecule has 0 aliphatic carbocycles. The van der Waals surface area contributed by atoms with Crippen molar-refractivity contribution < 1.29 is 28.6 Å². The summed E-state index contributed by atoms with van der Waals surface area (Å²) in [5.41, 5.74) is 5.59. The SMILES string of the molecule is NC(=O)c1ccc(NC(=O)C(CCO)n2cc(O)c(-c3cc(Cl)ccc3-c3cocn3)cc2=O)cc1F. The number of aliphatic hydroxyl groups is 1. The molecule has 0 radical (unpaired) electrons. The van der Waals surface area contributed by atoms with Crippen molar-refractivity contribution in [1.29, 1.82) is 0 Å². The Hall–Kier alpha value is -4.48. The van der Waals surface area contributed by atoms with Crippen LogP contribution in [0.1, 0.15) is 22.8 Å². The lowest BCUT2D eigenvalue weighted by Gasteiger charge is -2.20. The molecule has 0 fully saturated rings. The summed E-state index contributed by atoms with van der Waals surface area (Å²) < 4.78 is 20.1. The summed E-state index contributed by atoms with van der Waals surface area (Å²) in [6.45, 7) is -0.466. The second kappa shape index (κ2) is 10.6. The third-order valence-electron chi connectivity index (χ3n) is 5.58. The highest BCUT2D eigenvalue weighted by Gasteiger charge is 2.24. The fourth-order valence-electron chi connectivity index (χ4n) is 3.84. The van der Waals surface area contributed by atoms with E-state index in [0.717, 1.165) is 29.0 Å². The van der Waals surface area contributed by atoms with E-state index in [1.807, 2.05) is 0 Å². The van der Waals surface area contributed by atoms with Crippen LogP contribution < -0.4 is 16.6 Å². The molecule has 0 saturated heterocycles. The first-order valence-corrected chi connectivity index (χ1v) is 11.2. The number of hydrogen-bond donors (Lipinski definition) is 4. The van der Waals surface area contributed by atoms with Gasteiger partial charge in [-0.25, -0.2) is 9.37 Å². The third-order valence-corrected chi connectivity index (χ3v) is 5.82. The minimum Gasteiger partial charge on any atom is -0.506 e. The molecule has 2 heterocycles. The Kier molecular flexibility index (Phi) is 7.37. The van der Waals surface area contributed by atoms with E-state index in [-0.39, 0.29) is 29.0 Å². The van der Waals surface area contributed by atoms with Crippen LogP contribution in [-0.4, -0.2) is 38.2 Å². The molecule has 0 aliphatic heterocycles. The van der Waals surface area contributed by atoms with Gasteiger partial charge in [0.1, 0.15) is 29.6 Å². The number of rotatable bonds is 8. The van der Waals surface area contributed by atoms with Crippen molar-refractivity contribution in [2.45, 2.75) is 12.5 Å². The first-order chi connectivity index (χ1) is 17.7. The summed E-state index contributed by atoms with van der Waals surface area (Å²) >= 11 is 6.16. The number of carbonyl (C=O) groups excluding carboxylic acids is 2. The Balaban J connectivity index is 1.71. The van der Waals surface area contributed by atoms with E-state index >= 15 is 0 Å². The lowest BCUT2D eigenvalue weighted by atomic mass is 9.98. The number of aromatic hydroxyl groups is 1. The number of amides is 2. The first-order valence-electron chi connectivity index (χ1n) is 10.8. The number of nitrogens with zero attached hydrogens (tertiary/aromatic N) is 2. The van der Waals surface area contributed by atoms with Crippen LogP contribution in [0, 0.1) is 5.82 Å². The van der Waals surface area contributed by atoms with Crippen molar-refractivity contribution in [2.24, 2.45) is 5.73 Å². The normalized spacial score (nSPS) is 11.8. The van der Waals surface area contributed by atoms with Gasteiger partial charge in [-0.2, -0.15) is 0 Å². The van der Waals surface area contributed by atoms with Gasteiger partial charge in [0, 0.05) is 40.9 Å². The van der Waals surface area contributed by atoms with Gasteiger partial charge in [-0.05, 0) is 35.9 Å². The van der Waals surface area contributed by atoms with E-state index in [2.05, 4.69) is 10.3 Å². The molecule has 10 nitrogen and oxygen atoms in total. The van der Waals surface area contributed by atoms with Crippen LogP contribution in [0.5, 0.6) is 5.75 Å². The molecule has 37 heavy (non-hydrogen) atoms. The third kappa shape index (κ3) is 5.37. The minimum absolute atomic E-state index is 0.000474. The monoisotopic (exact) mass is 526 g/mol. The maximum absolute atomic E-state index is 14.1.